The molecule has 1 saturated carbocycles. The molecular weight excluding hydrogens is 256 g/mol. The molecule has 0 amide bonds. The van der Waals surface area contributed by atoms with Crippen molar-refractivity contribution in [3.63, 3.8) is 0 Å². The minimum Gasteiger partial charge on any atom is -0.309 e. The van der Waals surface area contributed by atoms with Crippen LogP contribution in [0, 0.1) is 17.0 Å². The quantitative estimate of drug-likeness (QED) is 0.775. The molecule has 20 heavy (non-hydrogen) atoms. The van der Waals surface area contributed by atoms with E-state index >= 15 is 0 Å². The Kier molecular flexibility index (Phi) is 5.14. The first-order chi connectivity index (χ1) is 9.63. The third-order valence-corrected chi connectivity index (χ3v) is 4.78. The van der Waals surface area contributed by atoms with Gasteiger partial charge in [-0.3, -0.25) is 0 Å². The van der Waals surface area contributed by atoms with Crippen molar-refractivity contribution in [2.75, 3.05) is 6.54 Å². The van der Waals surface area contributed by atoms with Crippen molar-refractivity contribution in [1.29, 1.82) is 0 Å². The van der Waals surface area contributed by atoms with E-state index in [1.165, 1.54) is 31.0 Å². The molecule has 0 aliphatic heterocycles. The normalized spacial score (nSPS) is 19.2. The van der Waals surface area contributed by atoms with Gasteiger partial charge in [0.15, 0.2) is 0 Å². The third-order valence-electron chi connectivity index (χ3n) is 4.78. The van der Waals surface area contributed by atoms with E-state index in [1.54, 1.807) is 0 Å². The minimum atomic E-state index is -0.353. The summed E-state index contributed by atoms with van der Waals surface area (Å²) >= 11 is 0. The number of rotatable bonds is 6. The first-order valence-electron chi connectivity index (χ1n) is 7.81. The highest BCUT2D eigenvalue weighted by molar-refractivity contribution is 5.25. The van der Waals surface area contributed by atoms with Gasteiger partial charge in [-0.25, -0.2) is 8.78 Å². The van der Waals surface area contributed by atoms with Gasteiger partial charge in [-0.1, -0.05) is 26.7 Å². The highest BCUT2D eigenvalue weighted by atomic mass is 19.1. The zero-order chi connectivity index (χ0) is 14.6. The number of hydrogen-bond donors (Lipinski definition) is 1. The molecule has 1 atom stereocenters. The Labute approximate surface area is 120 Å². The molecule has 1 fully saturated rings. The molecule has 0 bridgehead atoms. The summed E-state index contributed by atoms with van der Waals surface area (Å²) in [5.41, 5.74) is 0.575. The monoisotopic (exact) mass is 281 g/mol. The molecule has 0 heterocycles. The van der Waals surface area contributed by atoms with Crippen molar-refractivity contribution in [3.8, 4) is 0 Å². The van der Waals surface area contributed by atoms with Gasteiger partial charge < -0.3 is 5.32 Å². The van der Waals surface area contributed by atoms with Gasteiger partial charge in [0.1, 0.15) is 11.6 Å². The molecule has 0 aromatic heterocycles. The number of nitrogens with one attached hydrogen (secondary N) is 1. The molecule has 0 spiro atoms. The summed E-state index contributed by atoms with van der Waals surface area (Å²) in [5, 5.41) is 3.48. The van der Waals surface area contributed by atoms with Crippen molar-refractivity contribution >= 4 is 0 Å². The summed E-state index contributed by atoms with van der Waals surface area (Å²) in [6.07, 6.45) is 6.57. The molecular formula is C17H25F2N. The second-order valence-electron chi connectivity index (χ2n) is 5.98. The van der Waals surface area contributed by atoms with Crippen LogP contribution >= 0.6 is 0 Å². The van der Waals surface area contributed by atoms with Crippen LogP contribution in [-0.4, -0.2) is 6.54 Å². The fraction of sp³-hybridized carbons (Fsp3) is 0.647. The Bertz CT molecular complexity index is 439. The Morgan fingerprint density at radius 2 is 1.90 bits per heavy atom. The second kappa shape index (κ2) is 6.66. The summed E-state index contributed by atoms with van der Waals surface area (Å²) < 4.78 is 27.8. The Balaban J connectivity index is 2.38. The predicted octanol–water partition coefficient (Wildman–Crippen LogP) is 4.98. The van der Waals surface area contributed by atoms with Crippen molar-refractivity contribution in [1.82, 2.24) is 5.32 Å². The Hall–Kier alpha value is -0.960. The van der Waals surface area contributed by atoms with Crippen molar-refractivity contribution in [3.05, 3.63) is 35.4 Å². The molecule has 0 saturated heterocycles. The average molecular weight is 281 g/mol. The third kappa shape index (κ3) is 3.03. The van der Waals surface area contributed by atoms with E-state index in [0.717, 1.165) is 32.2 Å². The lowest BCUT2D eigenvalue weighted by molar-refractivity contribution is 0.183. The standard InChI is InChI=1S/C17H25F2N/c1-3-11-20-16(17(4-2)9-5-6-10-17)14-12-13(18)7-8-15(14)19/h7-8,12,16,20H,3-6,9-11H2,1-2H3. The smallest absolute Gasteiger partial charge is 0.128 e. The van der Waals surface area contributed by atoms with E-state index in [4.69, 9.17) is 0 Å². The first-order valence-corrected chi connectivity index (χ1v) is 7.81. The van der Waals surface area contributed by atoms with E-state index in [-0.39, 0.29) is 23.1 Å². The Morgan fingerprint density at radius 1 is 1.20 bits per heavy atom. The van der Waals surface area contributed by atoms with Crippen LogP contribution in [0.15, 0.2) is 18.2 Å². The molecule has 1 aromatic rings. The largest absolute Gasteiger partial charge is 0.309 e. The van der Waals surface area contributed by atoms with Crippen LogP contribution in [0.4, 0.5) is 8.78 Å². The summed E-state index contributed by atoms with van der Waals surface area (Å²) in [5.74, 6) is -0.645. The van der Waals surface area contributed by atoms with Gasteiger partial charge in [0.05, 0.1) is 0 Å². The Morgan fingerprint density at radius 3 is 2.50 bits per heavy atom. The van der Waals surface area contributed by atoms with Gasteiger partial charge >= 0.3 is 0 Å². The maximum atomic E-state index is 14.2. The van der Waals surface area contributed by atoms with Gasteiger partial charge in [0.2, 0.25) is 0 Å². The number of hydrogen-bond acceptors (Lipinski definition) is 1. The van der Waals surface area contributed by atoms with Crippen LogP contribution in [0.3, 0.4) is 0 Å². The lowest BCUT2D eigenvalue weighted by atomic mass is 9.73. The molecule has 2 rings (SSSR count). The van der Waals surface area contributed by atoms with E-state index in [9.17, 15) is 8.78 Å². The highest BCUT2D eigenvalue weighted by Gasteiger charge is 2.41. The van der Waals surface area contributed by atoms with E-state index in [2.05, 4.69) is 19.2 Å². The lowest BCUT2D eigenvalue weighted by Gasteiger charge is -2.38. The van der Waals surface area contributed by atoms with E-state index in [0.29, 0.717) is 5.56 Å². The van der Waals surface area contributed by atoms with Crippen LogP contribution in [0.1, 0.15) is 64.0 Å². The zero-order valence-corrected chi connectivity index (χ0v) is 12.5. The van der Waals surface area contributed by atoms with Gasteiger partial charge in [-0.2, -0.15) is 0 Å². The fourth-order valence-corrected chi connectivity index (χ4v) is 3.61. The molecule has 1 unspecified atom stereocenters. The lowest BCUT2D eigenvalue weighted by Crippen LogP contribution is -2.37. The highest BCUT2D eigenvalue weighted by Crippen LogP contribution is 2.50. The number of benzene rings is 1. The summed E-state index contributed by atoms with van der Waals surface area (Å²) in [6.45, 7) is 5.10. The van der Waals surface area contributed by atoms with Gasteiger partial charge in [0.25, 0.3) is 0 Å². The second-order valence-corrected chi connectivity index (χ2v) is 5.98. The topological polar surface area (TPSA) is 12.0 Å². The van der Waals surface area contributed by atoms with Gasteiger partial charge in [-0.05, 0) is 55.8 Å². The van der Waals surface area contributed by atoms with Crippen molar-refractivity contribution < 1.29 is 8.78 Å². The van der Waals surface area contributed by atoms with Gasteiger partial charge in [0, 0.05) is 11.6 Å². The van der Waals surface area contributed by atoms with Crippen LogP contribution in [0.2, 0.25) is 0 Å². The predicted molar refractivity (Wildman–Crippen MR) is 78.6 cm³/mol. The maximum absolute atomic E-state index is 14.2. The van der Waals surface area contributed by atoms with Crippen LogP contribution in [0.5, 0.6) is 0 Å². The molecule has 1 aliphatic carbocycles. The minimum absolute atomic E-state index is 0.0732. The summed E-state index contributed by atoms with van der Waals surface area (Å²) in [4.78, 5) is 0. The molecule has 1 N–H and O–H groups in total. The molecule has 112 valence electrons. The molecule has 1 aliphatic rings. The van der Waals surface area contributed by atoms with Crippen LogP contribution in [0.25, 0.3) is 0 Å². The molecule has 0 radical (unpaired) electrons. The number of halogens is 2. The van der Waals surface area contributed by atoms with Crippen molar-refractivity contribution in [2.45, 2.75) is 58.4 Å². The summed E-state index contributed by atoms with van der Waals surface area (Å²) in [6, 6.07) is 3.75. The molecule has 1 aromatic carbocycles. The average Bonchev–Trinajstić information content (AvgIpc) is 2.93. The summed E-state index contributed by atoms with van der Waals surface area (Å²) in [7, 11) is 0. The maximum Gasteiger partial charge on any atom is 0.128 e. The zero-order valence-electron chi connectivity index (χ0n) is 12.5. The fourth-order valence-electron chi connectivity index (χ4n) is 3.61. The first kappa shape index (κ1) is 15.4. The van der Waals surface area contributed by atoms with Crippen molar-refractivity contribution in [2.24, 2.45) is 5.41 Å². The van der Waals surface area contributed by atoms with E-state index in [1.807, 2.05) is 0 Å². The van der Waals surface area contributed by atoms with E-state index < -0.39 is 0 Å². The van der Waals surface area contributed by atoms with Gasteiger partial charge in [-0.15, -0.1) is 0 Å². The molecule has 1 nitrogen and oxygen atoms in total. The van der Waals surface area contributed by atoms with Crippen LogP contribution < -0.4 is 5.32 Å². The SMILES string of the molecule is CCCNC(c1cc(F)ccc1F)C1(CC)CCCC1. The molecule has 3 heteroatoms. The van der Waals surface area contributed by atoms with Crippen LogP contribution in [-0.2, 0) is 0 Å².